The summed E-state index contributed by atoms with van der Waals surface area (Å²) in [5.74, 6) is -1.26. The predicted octanol–water partition coefficient (Wildman–Crippen LogP) is 2.41. The molecule has 1 aromatic heterocycles. The van der Waals surface area contributed by atoms with E-state index >= 15 is 0 Å². The van der Waals surface area contributed by atoms with Crippen LogP contribution in [-0.4, -0.2) is 21.0 Å². The number of carboxylic acid groups (broad SMARTS) is 1. The lowest BCUT2D eigenvalue weighted by Gasteiger charge is -2.09. The molecule has 1 heterocycles. The van der Waals surface area contributed by atoms with Crippen molar-refractivity contribution in [2.24, 2.45) is 0 Å². The fourth-order valence-electron chi connectivity index (χ4n) is 1.99. The van der Waals surface area contributed by atoms with Gasteiger partial charge in [0.25, 0.3) is 5.88 Å². The molecule has 2 N–H and O–H groups in total. The Morgan fingerprint density at radius 2 is 1.90 bits per heavy atom. The largest absolute Gasteiger partial charge is 0.478 e. The molecule has 21 heavy (non-hydrogen) atoms. The summed E-state index contributed by atoms with van der Waals surface area (Å²) in [6.45, 7) is 0. The highest BCUT2D eigenvalue weighted by atomic mass is 16.5. The number of nitrogens with zero attached hydrogens (tertiary/aromatic N) is 1. The van der Waals surface area contributed by atoms with Gasteiger partial charge in [0.1, 0.15) is 11.3 Å². The molecule has 2 aromatic carbocycles. The van der Waals surface area contributed by atoms with E-state index in [4.69, 9.17) is 4.74 Å². The Balaban J connectivity index is 2.16. The van der Waals surface area contributed by atoms with Crippen LogP contribution in [0.2, 0.25) is 0 Å². The molecule has 6 heteroatoms. The van der Waals surface area contributed by atoms with Gasteiger partial charge < -0.3 is 14.8 Å². The molecule has 0 unspecified atom stereocenters. The van der Waals surface area contributed by atoms with E-state index in [1.807, 2.05) is 18.2 Å². The molecule has 0 aliphatic heterocycles. The molecule has 0 spiro atoms. The summed E-state index contributed by atoms with van der Waals surface area (Å²) >= 11 is 0. The van der Waals surface area contributed by atoms with Crippen molar-refractivity contribution in [2.75, 3.05) is 0 Å². The smallest absolute Gasteiger partial charge is 0.339 e. The van der Waals surface area contributed by atoms with Crippen molar-refractivity contribution in [1.82, 2.24) is 9.97 Å². The van der Waals surface area contributed by atoms with Gasteiger partial charge in [-0.05, 0) is 22.9 Å². The van der Waals surface area contributed by atoms with Crippen LogP contribution in [0.1, 0.15) is 10.4 Å². The van der Waals surface area contributed by atoms with E-state index in [0.717, 1.165) is 10.8 Å². The molecule has 3 aromatic rings. The van der Waals surface area contributed by atoms with Gasteiger partial charge in [-0.25, -0.2) is 9.78 Å². The third-order valence-electron chi connectivity index (χ3n) is 2.96. The fourth-order valence-corrected chi connectivity index (χ4v) is 1.99. The van der Waals surface area contributed by atoms with Crippen molar-refractivity contribution in [3.8, 4) is 11.6 Å². The van der Waals surface area contributed by atoms with Crippen LogP contribution in [0.3, 0.4) is 0 Å². The minimum Gasteiger partial charge on any atom is -0.478 e. The first-order valence-corrected chi connectivity index (χ1v) is 6.13. The van der Waals surface area contributed by atoms with E-state index in [9.17, 15) is 14.7 Å². The zero-order valence-electron chi connectivity index (χ0n) is 10.7. The first-order chi connectivity index (χ1) is 10.1. The summed E-state index contributed by atoms with van der Waals surface area (Å²) in [6, 6.07) is 10.4. The zero-order chi connectivity index (χ0) is 14.8. The number of ether oxygens (including phenoxy) is 1. The van der Waals surface area contributed by atoms with E-state index < -0.39 is 11.5 Å². The van der Waals surface area contributed by atoms with E-state index in [2.05, 4.69) is 9.97 Å². The fraction of sp³-hybridized carbons (Fsp3) is 0. The lowest BCUT2D eigenvalue weighted by molar-refractivity contribution is 0.0694. The molecule has 0 aliphatic rings. The Morgan fingerprint density at radius 3 is 2.57 bits per heavy atom. The van der Waals surface area contributed by atoms with Crippen LogP contribution in [0.5, 0.6) is 11.6 Å². The number of hydrogen-bond acceptors (Lipinski definition) is 4. The summed E-state index contributed by atoms with van der Waals surface area (Å²) < 4.78 is 5.37. The van der Waals surface area contributed by atoms with Gasteiger partial charge in [0.2, 0.25) is 0 Å². The van der Waals surface area contributed by atoms with Gasteiger partial charge >= 0.3 is 11.5 Å². The summed E-state index contributed by atoms with van der Waals surface area (Å²) in [5.41, 5.74) is -0.555. The van der Waals surface area contributed by atoms with Crippen molar-refractivity contribution in [1.29, 1.82) is 0 Å². The van der Waals surface area contributed by atoms with Gasteiger partial charge in [0, 0.05) is 12.4 Å². The van der Waals surface area contributed by atoms with Gasteiger partial charge in [-0.3, -0.25) is 4.79 Å². The summed E-state index contributed by atoms with van der Waals surface area (Å²) in [4.78, 5) is 29.1. The highest BCUT2D eigenvalue weighted by molar-refractivity contribution is 5.97. The SMILES string of the molecule is O=C(O)c1cc2ccccc2cc1Oc1ncc[nH]c1=O. The van der Waals surface area contributed by atoms with Crippen molar-refractivity contribution in [3.63, 3.8) is 0 Å². The average molecular weight is 282 g/mol. The van der Waals surface area contributed by atoms with Crippen LogP contribution in [0.4, 0.5) is 0 Å². The number of H-pyrrole nitrogens is 1. The third-order valence-corrected chi connectivity index (χ3v) is 2.96. The highest BCUT2D eigenvalue weighted by Crippen LogP contribution is 2.28. The molecule has 0 amide bonds. The monoisotopic (exact) mass is 282 g/mol. The Kier molecular flexibility index (Phi) is 3.12. The lowest BCUT2D eigenvalue weighted by atomic mass is 10.1. The second kappa shape index (κ2) is 5.09. The van der Waals surface area contributed by atoms with E-state index in [0.29, 0.717) is 0 Å². The Bertz CT molecular complexity index is 886. The second-order valence-electron chi connectivity index (χ2n) is 4.33. The van der Waals surface area contributed by atoms with Gasteiger partial charge in [-0.15, -0.1) is 0 Å². The maximum absolute atomic E-state index is 11.6. The summed E-state index contributed by atoms with van der Waals surface area (Å²) in [7, 11) is 0. The number of carboxylic acids is 1. The van der Waals surface area contributed by atoms with Crippen LogP contribution in [0.15, 0.2) is 53.6 Å². The van der Waals surface area contributed by atoms with Crippen LogP contribution >= 0.6 is 0 Å². The van der Waals surface area contributed by atoms with Crippen molar-refractivity contribution >= 4 is 16.7 Å². The number of rotatable bonds is 3. The van der Waals surface area contributed by atoms with E-state index in [1.165, 1.54) is 18.5 Å². The summed E-state index contributed by atoms with van der Waals surface area (Å²) in [5, 5.41) is 10.9. The maximum atomic E-state index is 11.6. The van der Waals surface area contributed by atoms with Gasteiger partial charge in [-0.2, -0.15) is 0 Å². The van der Waals surface area contributed by atoms with Crippen molar-refractivity contribution < 1.29 is 14.6 Å². The molecule has 104 valence electrons. The number of nitrogens with one attached hydrogen (secondary N) is 1. The van der Waals surface area contributed by atoms with Crippen molar-refractivity contribution in [2.45, 2.75) is 0 Å². The van der Waals surface area contributed by atoms with Gasteiger partial charge in [-0.1, -0.05) is 24.3 Å². The number of hydrogen-bond donors (Lipinski definition) is 2. The van der Waals surface area contributed by atoms with E-state index in [-0.39, 0.29) is 17.2 Å². The minimum atomic E-state index is -1.14. The van der Waals surface area contributed by atoms with E-state index in [1.54, 1.807) is 12.1 Å². The normalized spacial score (nSPS) is 10.5. The first-order valence-electron chi connectivity index (χ1n) is 6.13. The highest BCUT2D eigenvalue weighted by Gasteiger charge is 2.15. The predicted molar refractivity (Wildman–Crippen MR) is 75.8 cm³/mol. The van der Waals surface area contributed by atoms with Gasteiger partial charge in [0.15, 0.2) is 0 Å². The number of aromatic amines is 1. The Hall–Kier alpha value is -3.15. The number of benzene rings is 2. The van der Waals surface area contributed by atoms with Crippen LogP contribution in [-0.2, 0) is 0 Å². The van der Waals surface area contributed by atoms with Crippen molar-refractivity contribution in [3.05, 3.63) is 64.7 Å². The molecule has 0 bridgehead atoms. The molecule has 0 saturated carbocycles. The molecular formula is C15H10N2O4. The molecule has 3 rings (SSSR count). The molecule has 0 saturated heterocycles. The van der Waals surface area contributed by atoms with Crippen LogP contribution in [0.25, 0.3) is 10.8 Å². The number of aromatic nitrogens is 2. The average Bonchev–Trinajstić information content (AvgIpc) is 2.48. The molecule has 0 radical (unpaired) electrons. The molecule has 0 fully saturated rings. The molecule has 0 atom stereocenters. The number of carbonyl (C=O) groups is 1. The molecular weight excluding hydrogens is 272 g/mol. The summed E-state index contributed by atoms with van der Waals surface area (Å²) in [6.07, 6.45) is 2.73. The maximum Gasteiger partial charge on any atom is 0.339 e. The standard InChI is InChI=1S/C15H10N2O4/c18-13-14(17-6-5-16-13)21-12-8-10-4-2-1-3-9(10)7-11(12)15(19)20/h1-8H,(H,16,18)(H,19,20). The third kappa shape index (κ3) is 2.46. The lowest BCUT2D eigenvalue weighted by Crippen LogP contribution is -2.10. The van der Waals surface area contributed by atoms with Crippen LogP contribution < -0.4 is 10.3 Å². The molecule has 0 aliphatic carbocycles. The second-order valence-corrected chi connectivity index (χ2v) is 4.33. The number of fused-ring (bicyclic) bond motifs is 1. The first kappa shape index (κ1) is 12.9. The topological polar surface area (TPSA) is 92.3 Å². The van der Waals surface area contributed by atoms with Gasteiger partial charge in [0.05, 0.1) is 0 Å². The molecule has 6 nitrogen and oxygen atoms in total. The Morgan fingerprint density at radius 1 is 1.19 bits per heavy atom. The quantitative estimate of drug-likeness (QED) is 0.769. The minimum absolute atomic E-state index is 0.0289. The number of aromatic carboxylic acids is 1. The zero-order valence-corrected chi connectivity index (χ0v) is 10.7. The van der Waals surface area contributed by atoms with Crippen LogP contribution in [0, 0.1) is 0 Å². The Labute approximate surface area is 118 Å².